The third kappa shape index (κ3) is 7.25. The van der Waals surface area contributed by atoms with Gasteiger partial charge in [0.05, 0.1) is 5.56 Å². The highest BCUT2D eigenvalue weighted by molar-refractivity contribution is 5.89. The van der Waals surface area contributed by atoms with Crippen LogP contribution in [-0.4, -0.2) is 49.1 Å². The first-order valence-electron chi connectivity index (χ1n) is 12.6. The zero-order valence-electron chi connectivity index (χ0n) is 21.5. The SMILES string of the molecule is CN(C)c1ccc(CN2CCC(N(Cc3ccccc3)C(=O)Nc3cc(F)cc(C(F)(F)F)c3)CC2)cc1. The molecule has 0 bridgehead atoms. The Kier molecular flexibility index (Phi) is 8.56. The molecule has 0 atom stereocenters. The maximum atomic E-state index is 13.9. The summed E-state index contributed by atoms with van der Waals surface area (Å²) < 4.78 is 53.4. The molecule has 0 unspecified atom stereocenters. The summed E-state index contributed by atoms with van der Waals surface area (Å²) in [5, 5.41) is 2.51. The third-order valence-electron chi connectivity index (χ3n) is 6.79. The van der Waals surface area contributed by atoms with E-state index >= 15 is 0 Å². The highest BCUT2D eigenvalue weighted by Gasteiger charge is 2.32. The maximum absolute atomic E-state index is 13.9. The number of urea groups is 1. The summed E-state index contributed by atoms with van der Waals surface area (Å²) in [6, 6.07) is 19.2. The fourth-order valence-corrected chi connectivity index (χ4v) is 4.71. The van der Waals surface area contributed by atoms with Crippen molar-refractivity contribution in [1.29, 1.82) is 0 Å². The first-order chi connectivity index (χ1) is 18.1. The second kappa shape index (κ2) is 11.9. The molecule has 1 aliphatic rings. The number of benzene rings is 3. The van der Waals surface area contributed by atoms with Crippen LogP contribution >= 0.6 is 0 Å². The molecule has 1 saturated heterocycles. The van der Waals surface area contributed by atoms with E-state index in [9.17, 15) is 22.4 Å². The summed E-state index contributed by atoms with van der Waals surface area (Å²) in [6.45, 7) is 2.65. The van der Waals surface area contributed by atoms with E-state index in [0.717, 1.165) is 43.0 Å². The van der Waals surface area contributed by atoms with Gasteiger partial charge in [-0.05, 0) is 54.3 Å². The summed E-state index contributed by atoms with van der Waals surface area (Å²) >= 11 is 0. The molecule has 0 radical (unpaired) electrons. The summed E-state index contributed by atoms with van der Waals surface area (Å²) in [5.41, 5.74) is 1.88. The molecule has 1 fully saturated rings. The van der Waals surface area contributed by atoms with Crippen LogP contribution in [0.4, 0.5) is 33.7 Å². The minimum atomic E-state index is -4.72. The zero-order chi connectivity index (χ0) is 27.3. The van der Waals surface area contributed by atoms with E-state index < -0.39 is 23.6 Å². The molecule has 4 rings (SSSR count). The first kappa shape index (κ1) is 27.4. The Morgan fingerprint density at radius 1 is 0.947 bits per heavy atom. The third-order valence-corrected chi connectivity index (χ3v) is 6.79. The second-order valence-electron chi connectivity index (χ2n) is 9.84. The van der Waals surface area contributed by atoms with E-state index in [1.807, 2.05) is 44.4 Å². The summed E-state index contributed by atoms with van der Waals surface area (Å²) in [7, 11) is 4.00. The van der Waals surface area contributed by atoms with Crippen molar-refractivity contribution < 1.29 is 22.4 Å². The molecule has 5 nitrogen and oxygen atoms in total. The van der Waals surface area contributed by atoms with Crippen LogP contribution in [0.2, 0.25) is 0 Å². The number of carbonyl (C=O) groups is 1. The Labute approximate surface area is 220 Å². The second-order valence-corrected chi connectivity index (χ2v) is 9.84. The molecule has 2 amide bonds. The van der Waals surface area contributed by atoms with Crippen LogP contribution in [0.25, 0.3) is 0 Å². The van der Waals surface area contributed by atoms with Gasteiger partial charge in [0.1, 0.15) is 5.82 Å². The van der Waals surface area contributed by atoms with Gasteiger partial charge >= 0.3 is 12.2 Å². The Morgan fingerprint density at radius 2 is 1.61 bits per heavy atom. The van der Waals surface area contributed by atoms with Crippen molar-refractivity contribution in [2.45, 2.75) is 38.1 Å². The average Bonchev–Trinajstić information content (AvgIpc) is 2.88. The fraction of sp³-hybridized carbons (Fsp3) is 0.345. The van der Waals surface area contributed by atoms with E-state index in [2.05, 4.69) is 39.4 Å². The van der Waals surface area contributed by atoms with Crippen molar-refractivity contribution >= 4 is 17.4 Å². The minimum Gasteiger partial charge on any atom is -0.378 e. The molecule has 3 aromatic carbocycles. The van der Waals surface area contributed by atoms with Crippen molar-refractivity contribution in [2.75, 3.05) is 37.4 Å². The molecule has 0 saturated carbocycles. The van der Waals surface area contributed by atoms with Crippen molar-refractivity contribution in [1.82, 2.24) is 9.80 Å². The monoisotopic (exact) mass is 528 g/mol. The summed E-state index contributed by atoms with van der Waals surface area (Å²) in [5.74, 6) is -1.06. The molecule has 1 aliphatic heterocycles. The quantitative estimate of drug-likeness (QED) is 0.351. The lowest BCUT2D eigenvalue weighted by Crippen LogP contribution is -2.48. The van der Waals surface area contributed by atoms with Crippen LogP contribution in [0, 0.1) is 5.82 Å². The number of nitrogens with one attached hydrogen (secondary N) is 1. The molecule has 0 aliphatic carbocycles. The largest absolute Gasteiger partial charge is 0.416 e. The Bertz CT molecular complexity index is 1210. The van der Waals surface area contributed by atoms with Crippen LogP contribution in [0.3, 0.4) is 0 Å². The predicted molar refractivity (Wildman–Crippen MR) is 141 cm³/mol. The van der Waals surface area contributed by atoms with Gasteiger partial charge in [-0.3, -0.25) is 4.90 Å². The van der Waals surface area contributed by atoms with E-state index in [4.69, 9.17) is 0 Å². The molecule has 0 aromatic heterocycles. The van der Waals surface area contributed by atoms with Crippen molar-refractivity contribution in [3.8, 4) is 0 Å². The van der Waals surface area contributed by atoms with Crippen LogP contribution in [0.5, 0.6) is 0 Å². The minimum absolute atomic E-state index is 0.113. The summed E-state index contributed by atoms with van der Waals surface area (Å²) in [4.78, 5) is 19.4. The molecule has 1 heterocycles. The predicted octanol–water partition coefficient (Wildman–Crippen LogP) is 6.61. The zero-order valence-corrected chi connectivity index (χ0v) is 21.5. The van der Waals surface area contributed by atoms with E-state index in [1.54, 1.807) is 4.90 Å². The van der Waals surface area contributed by atoms with Gasteiger partial charge in [0.15, 0.2) is 0 Å². The Hall–Kier alpha value is -3.59. The lowest BCUT2D eigenvalue weighted by atomic mass is 10.0. The number of rotatable bonds is 7. The lowest BCUT2D eigenvalue weighted by molar-refractivity contribution is -0.137. The normalized spacial score (nSPS) is 14.8. The smallest absolute Gasteiger partial charge is 0.378 e. The molecule has 0 spiro atoms. The van der Waals surface area contributed by atoms with Crippen LogP contribution < -0.4 is 10.2 Å². The van der Waals surface area contributed by atoms with Gasteiger partial charge in [0.2, 0.25) is 0 Å². The lowest BCUT2D eigenvalue weighted by Gasteiger charge is -2.38. The van der Waals surface area contributed by atoms with Gasteiger partial charge in [-0.15, -0.1) is 0 Å². The van der Waals surface area contributed by atoms with E-state index in [1.165, 1.54) is 5.56 Å². The first-order valence-corrected chi connectivity index (χ1v) is 12.6. The number of alkyl halides is 3. The van der Waals surface area contributed by atoms with Gasteiger partial charge in [0, 0.05) is 57.7 Å². The Balaban J connectivity index is 1.45. The fourth-order valence-electron chi connectivity index (χ4n) is 4.71. The number of amides is 2. The molecule has 9 heteroatoms. The Morgan fingerprint density at radius 3 is 2.21 bits per heavy atom. The number of piperidine rings is 1. The molecule has 38 heavy (non-hydrogen) atoms. The van der Waals surface area contributed by atoms with Crippen molar-refractivity contribution in [2.24, 2.45) is 0 Å². The number of nitrogens with zero attached hydrogens (tertiary/aromatic N) is 3. The standard InChI is InChI=1S/C29H32F4N4O/c1-35(2)26-10-8-22(9-11-26)19-36-14-12-27(13-15-36)37(20-21-6-4-3-5-7-21)28(38)34-25-17-23(29(31,32)33)16-24(30)18-25/h3-11,16-18,27H,12-15,19-20H2,1-2H3,(H,34,38). The van der Waals surface area contributed by atoms with Gasteiger partial charge in [0.25, 0.3) is 0 Å². The average molecular weight is 529 g/mol. The van der Waals surface area contributed by atoms with Crippen LogP contribution in [0.1, 0.15) is 29.5 Å². The number of likely N-dealkylation sites (tertiary alicyclic amines) is 1. The van der Waals surface area contributed by atoms with Crippen LogP contribution in [-0.2, 0) is 19.3 Å². The number of carbonyl (C=O) groups excluding carboxylic acids is 1. The van der Waals surface area contributed by atoms with Gasteiger partial charge in [-0.1, -0.05) is 42.5 Å². The van der Waals surface area contributed by atoms with Gasteiger partial charge < -0.3 is 15.1 Å². The highest BCUT2D eigenvalue weighted by atomic mass is 19.4. The van der Waals surface area contributed by atoms with E-state index in [-0.39, 0.29) is 11.7 Å². The molecule has 1 N–H and O–H groups in total. The number of hydrogen-bond acceptors (Lipinski definition) is 3. The van der Waals surface area contributed by atoms with Gasteiger partial charge in [-0.2, -0.15) is 13.2 Å². The van der Waals surface area contributed by atoms with E-state index in [0.29, 0.717) is 25.5 Å². The number of halogens is 4. The highest BCUT2D eigenvalue weighted by Crippen LogP contribution is 2.32. The van der Waals surface area contributed by atoms with Gasteiger partial charge in [-0.25, -0.2) is 9.18 Å². The molecule has 202 valence electrons. The molecular formula is C29H32F4N4O. The topological polar surface area (TPSA) is 38.8 Å². The van der Waals surface area contributed by atoms with Crippen LogP contribution in [0.15, 0.2) is 72.8 Å². The maximum Gasteiger partial charge on any atom is 0.416 e. The van der Waals surface area contributed by atoms with Crippen molar-refractivity contribution in [3.05, 3.63) is 95.3 Å². The molecular weight excluding hydrogens is 496 g/mol. The number of anilines is 2. The summed E-state index contributed by atoms with van der Waals surface area (Å²) in [6.07, 6.45) is -3.29. The van der Waals surface area contributed by atoms with Crippen molar-refractivity contribution in [3.63, 3.8) is 0 Å². The number of hydrogen-bond donors (Lipinski definition) is 1. The molecule has 3 aromatic rings.